The number of rotatable bonds is 0. The van der Waals surface area contributed by atoms with Crippen molar-refractivity contribution in [3.05, 3.63) is 28.2 Å². The van der Waals surface area contributed by atoms with E-state index in [1.54, 1.807) is 17.8 Å². The Hall–Kier alpha value is -0.620. The van der Waals surface area contributed by atoms with E-state index in [4.69, 9.17) is 4.74 Å². The van der Waals surface area contributed by atoms with Gasteiger partial charge in [0.15, 0.2) is 18.5 Å². The number of alkyl halides is 2. The van der Waals surface area contributed by atoms with Gasteiger partial charge in [0.2, 0.25) is 0 Å². The van der Waals surface area contributed by atoms with Gasteiger partial charge in [-0.3, -0.25) is 0 Å². The summed E-state index contributed by atoms with van der Waals surface area (Å²) in [7, 11) is 0. The topological polar surface area (TPSA) is 21.6 Å². The highest BCUT2D eigenvalue weighted by atomic mass is 79.9. The number of hydrogen-bond acceptors (Lipinski definition) is 3. The predicted octanol–water partition coefficient (Wildman–Crippen LogP) is 3.83. The summed E-state index contributed by atoms with van der Waals surface area (Å²) in [4.78, 5) is 4.90. The van der Waals surface area contributed by atoms with Gasteiger partial charge in [0.1, 0.15) is 0 Å². The molecule has 2 nitrogen and oxygen atoms in total. The smallest absolute Gasteiger partial charge is 0.310 e. The van der Waals surface area contributed by atoms with E-state index >= 15 is 0 Å². The zero-order chi connectivity index (χ0) is 12.8. The fourth-order valence-electron chi connectivity index (χ4n) is 2.39. The van der Waals surface area contributed by atoms with Crippen LogP contribution in [-0.4, -0.2) is 24.7 Å². The van der Waals surface area contributed by atoms with Crippen LogP contribution in [0, 0.1) is 0 Å². The van der Waals surface area contributed by atoms with E-state index in [1.165, 1.54) is 0 Å². The summed E-state index contributed by atoms with van der Waals surface area (Å²) < 4.78 is 34.1. The molecule has 0 saturated heterocycles. The highest BCUT2D eigenvalue weighted by Crippen LogP contribution is 2.52. The van der Waals surface area contributed by atoms with Crippen LogP contribution < -0.4 is 0 Å². The summed E-state index contributed by atoms with van der Waals surface area (Å²) in [5, 5.41) is 0. The standard InChI is InChI=1S/C12H10BrF2NOS/c13-8-1-2-10-9(5-8)11(3-4-18-10)12(14,15)6-17-7-16-11/h1-2,5,7H,3-4,6H2/t11-/m1/s1. The third-order valence-electron chi connectivity index (χ3n) is 3.33. The lowest BCUT2D eigenvalue weighted by Crippen LogP contribution is -2.51. The van der Waals surface area contributed by atoms with Gasteiger partial charge in [0.05, 0.1) is 0 Å². The molecule has 0 fully saturated rings. The maximum absolute atomic E-state index is 14.3. The Balaban J connectivity index is 2.23. The van der Waals surface area contributed by atoms with Crippen LogP contribution in [0.3, 0.4) is 0 Å². The molecule has 0 aliphatic carbocycles. The number of benzene rings is 1. The van der Waals surface area contributed by atoms with Crippen LogP contribution in [0.5, 0.6) is 0 Å². The minimum atomic E-state index is -2.97. The number of aliphatic imine (C=N–C) groups is 1. The van der Waals surface area contributed by atoms with Gasteiger partial charge in [-0.05, 0) is 24.6 Å². The molecule has 3 rings (SSSR count). The minimum absolute atomic E-state index is 0.327. The molecule has 0 saturated carbocycles. The lowest BCUT2D eigenvalue weighted by molar-refractivity contribution is -0.121. The van der Waals surface area contributed by atoms with E-state index in [-0.39, 0.29) is 0 Å². The largest absolute Gasteiger partial charge is 0.477 e. The molecule has 2 aliphatic rings. The average Bonchev–Trinajstić information content (AvgIpc) is 2.34. The number of hydrogen-bond donors (Lipinski definition) is 0. The monoisotopic (exact) mass is 333 g/mol. The Morgan fingerprint density at radius 2 is 2.22 bits per heavy atom. The van der Waals surface area contributed by atoms with Gasteiger partial charge in [-0.1, -0.05) is 15.9 Å². The summed E-state index contributed by atoms with van der Waals surface area (Å²) in [5.74, 6) is -2.33. The normalized spacial score (nSPS) is 28.8. The van der Waals surface area contributed by atoms with E-state index < -0.39 is 18.1 Å². The zero-order valence-electron chi connectivity index (χ0n) is 9.33. The van der Waals surface area contributed by atoms with Crippen molar-refractivity contribution >= 4 is 34.1 Å². The van der Waals surface area contributed by atoms with Crippen molar-refractivity contribution in [2.24, 2.45) is 4.99 Å². The first-order valence-corrected chi connectivity index (χ1v) is 7.29. The average molecular weight is 334 g/mol. The lowest BCUT2D eigenvalue weighted by Gasteiger charge is -2.42. The second kappa shape index (κ2) is 4.20. The molecule has 0 amide bonds. The van der Waals surface area contributed by atoms with Crippen molar-refractivity contribution in [1.29, 1.82) is 0 Å². The zero-order valence-corrected chi connectivity index (χ0v) is 11.7. The van der Waals surface area contributed by atoms with Crippen LogP contribution in [-0.2, 0) is 10.3 Å². The molecule has 1 aromatic rings. The molecular formula is C12H10BrF2NOS. The quantitative estimate of drug-likeness (QED) is 0.719. The van der Waals surface area contributed by atoms with Crippen molar-refractivity contribution in [2.45, 2.75) is 22.8 Å². The van der Waals surface area contributed by atoms with Gasteiger partial charge in [-0.15, -0.1) is 11.8 Å². The van der Waals surface area contributed by atoms with Crippen molar-refractivity contribution in [2.75, 3.05) is 12.4 Å². The second-order valence-electron chi connectivity index (χ2n) is 4.35. The summed E-state index contributed by atoms with van der Waals surface area (Å²) in [6.07, 6.45) is 1.49. The fourth-order valence-corrected chi connectivity index (χ4v) is 3.92. The van der Waals surface area contributed by atoms with Crippen LogP contribution in [0.25, 0.3) is 0 Å². The maximum Gasteiger partial charge on any atom is 0.310 e. The molecule has 1 atom stereocenters. The number of fused-ring (bicyclic) bond motifs is 2. The third-order valence-corrected chi connectivity index (χ3v) is 4.89. The van der Waals surface area contributed by atoms with Crippen molar-refractivity contribution in [1.82, 2.24) is 0 Å². The summed E-state index contributed by atoms with van der Waals surface area (Å²) >= 11 is 4.94. The second-order valence-corrected chi connectivity index (χ2v) is 6.40. The molecule has 0 aromatic heterocycles. The van der Waals surface area contributed by atoms with Crippen LogP contribution in [0.4, 0.5) is 8.78 Å². The summed E-state index contributed by atoms with van der Waals surface area (Å²) in [6.45, 7) is -0.604. The molecule has 6 heteroatoms. The predicted molar refractivity (Wildman–Crippen MR) is 70.6 cm³/mol. The van der Waals surface area contributed by atoms with Crippen LogP contribution in [0.2, 0.25) is 0 Å². The van der Waals surface area contributed by atoms with Crippen LogP contribution >= 0.6 is 27.7 Å². The number of ether oxygens (including phenoxy) is 1. The van der Waals surface area contributed by atoms with E-state index in [2.05, 4.69) is 20.9 Å². The van der Waals surface area contributed by atoms with Crippen LogP contribution in [0.1, 0.15) is 12.0 Å². The van der Waals surface area contributed by atoms with E-state index in [9.17, 15) is 8.78 Å². The molecule has 2 aliphatic heterocycles. The molecule has 1 aromatic carbocycles. The van der Waals surface area contributed by atoms with E-state index in [1.807, 2.05) is 12.1 Å². The lowest BCUT2D eigenvalue weighted by atomic mass is 9.81. The first kappa shape index (κ1) is 12.4. The highest BCUT2D eigenvalue weighted by Gasteiger charge is 2.58. The Morgan fingerprint density at radius 3 is 3.00 bits per heavy atom. The molecule has 18 heavy (non-hydrogen) atoms. The van der Waals surface area contributed by atoms with E-state index in [0.717, 1.165) is 15.8 Å². The minimum Gasteiger partial charge on any atom is -0.477 e. The van der Waals surface area contributed by atoms with Crippen molar-refractivity contribution in [3.8, 4) is 0 Å². The van der Waals surface area contributed by atoms with Gasteiger partial charge >= 0.3 is 5.92 Å². The molecule has 0 N–H and O–H groups in total. The number of thioether (sulfide) groups is 1. The molecule has 96 valence electrons. The molecule has 0 radical (unpaired) electrons. The third kappa shape index (κ3) is 1.69. The van der Waals surface area contributed by atoms with Gasteiger partial charge in [0, 0.05) is 20.7 Å². The summed E-state index contributed by atoms with van der Waals surface area (Å²) in [5.41, 5.74) is -0.868. The van der Waals surface area contributed by atoms with Gasteiger partial charge in [0.25, 0.3) is 0 Å². The maximum atomic E-state index is 14.3. The van der Waals surface area contributed by atoms with Crippen molar-refractivity contribution < 1.29 is 13.5 Å². The first-order chi connectivity index (χ1) is 8.55. The summed E-state index contributed by atoms with van der Waals surface area (Å²) in [6, 6.07) is 5.48. The SMILES string of the molecule is FC1(F)COC=N[C@@]12CCSc1ccc(Br)cc12. The molecule has 0 unspecified atom stereocenters. The van der Waals surface area contributed by atoms with E-state index in [0.29, 0.717) is 17.7 Å². The van der Waals surface area contributed by atoms with Gasteiger partial charge < -0.3 is 4.74 Å². The Labute approximate surface area is 116 Å². The Bertz CT molecular complexity index is 523. The number of nitrogens with zero attached hydrogens (tertiary/aromatic N) is 1. The number of halogens is 3. The molecule has 0 bridgehead atoms. The molecule has 1 spiro atoms. The highest BCUT2D eigenvalue weighted by molar-refractivity contribution is 9.10. The van der Waals surface area contributed by atoms with Crippen LogP contribution in [0.15, 0.2) is 32.6 Å². The van der Waals surface area contributed by atoms with Crippen molar-refractivity contribution in [3.63, 3.8) is 0 Å². The molecule has 2 heterocycles. The first-order valence-electron chi connectivity index (χ1n) is 5.51. The Kier molecular flexibility index (Phi) is 2.90. The fraction of sp³-hybridized carbons (Fsp3) is 0.417. The Morgan fingerprint density at radius 1 is 1.39 bits per heavy atom. The van der Waals surface area contributed by atoms with Gasteiger partial charge in [-0.2, -0.15) is 8.78 Å². The van der Waals surface area contributed by atoms with Gasteiger partial charge in [-0.25, -0.2) is 4.99 Å². The molecular weight excluding hydrogens is 324 g/mol.